The van der Waals surface area contributed by atoms with Crippen LogP contribution < -0.4 is 0 Å². The number of rotatable bonds is 2. The van der Waals surface area contributed by atoms with Crippen LogP contribution in [0.2, 0.25) is 0 Å². The minimum atomic E-state index is -0.0291. The number of carbonyl (C=O) groups excluding carboxylic acids is 1. The summed E-state index contributed by atoms with van der Waals surface area (Å²) in [5.41, 5.74) is 1.01. The Morgan fingerprint density at radius 2 is 2.18 bits per heavy atom. The monoisotopic (exact) mass is 166 g/mol. The number of hydrogen-bond acceptors (Lipinski definition) is 3. The Bertz CT molecular complexity index is 294. The summed E-state index contributed by atoms with van der Waals surface area (Å²) in [6.45, 7) is 0. The van der Waals surface area contributed by atoms with Crippen molar-refractivity contribution in [2.75, 3.05) is 0 Å². The molecule has 1 N–H and O–H groups in total. The summed E-state index contributed by atoms with van der Waals surface area (Å²) in [4.78, 5) is 10.2. The Morgan fingerprint density at radius 1 is 1.45 bits per heavy atom. The van der Waals surface area contributed by atoms with Crippen molar-refractivity contribution in [3.8, 4) is 5.75 Å². The molecule has 1 aromatic rings. The van der Waals surface area contributed by atoms with Crippen LogP contribution in [0.25, 0.3) is 0 Å². The van der Waals surface area contributed by atoms with Gasteiger partial charge in [0, 0.05) is 5.37 Å². The number of aromatic hydroxyl groups is 1. The average molecular weight is 166 g/mol. The fourth-order valence-electron chi connectivity index (χ4n) is 0.734. The van der Waals surface area contributed by atoms with Gasteiger partial charge >= 0.3 is 0 Å². The summed E-state index contributed by atoms with van der Waals surface area (Å²) in [5.74, 6) is -0.0291. The van der Waals surface area contributed by atoms with E-state index in [1.807, 2.05) is 0 Å². The van der Waals surface area contributed by atoms with Crippen LogP contribution in [0.15, 0.2) is 18.2 Å². The SMILES string of the molecule is O=Cc1ccc(C=S)cc1O. The molecule has 56 valence electrons. The van der Waals surface area contributed by atoms with E-state index in [4.69, 9.17) is 5.11 Å². The van der Waals surface area contributed by atoms with E-state index in [1.165, 1.54) is 17.5 Å². The van der Waals surface area contributed by atoms with Gasteiger partial charge in [0.15, 0.2) is 6.29 Å². The Balaban J connectivity index is 3.18. The van der Waals surface area contributed by atoms with Crippen LogP contribution in [0, 0.1) is 0 Å². The minimum absolute atomic E-state index is 0.0291. The molecule has 0 spiro atoms. The summed E-state index contributed by atoms with van der Waals surface area (Å²) in [7, 11) is 0. The van der Waals surface area contributed by atoms with Crippen LogP contribution in [0.3, 0.4) is 0 Å². The highest BCUT2D eigenvalue weighted by molar-refractivity contribution is 7.79. The Kier molecular flexibility index (Phi) is 2.33. The van der Waals surface area contributed by atoms with Crippen molar-refractivity contribution in [3.63, 3.8) is 0 Å². The summed E-state index contributed by atoms with van der Waals surface area (Å²) < 4.78 is 0. The van der Waals surface area contributed by atoms with E-state index in [9.17, 15) is 4.79 Å². The minimum Gasteiger partial charge on any atom is -0.507 e. The first-order valence-corrected chi connectivity index (χ1v) is 3.48. The molecule has 3 heteroatoms. The van der Waals surface area contributed by atoms with Crippen molar-refractivity contribution in [1.29, 1.82) is 0 Å². The molecule has 0 saturated heterocycles. The molecular formula is C8H6O2S. The Hall–Kier alpha value is -1.22. The molecular weight excluding hydrogens is 160 g/mol. The highest BCUT2D eigenvalue weighted by Crippen LogP contribution is 2.15. The first-order valence-electron chi connectivity index (χ1n) is 3.01. The number of phenols is 1. The van der Waals surface area contributed by atoms with Crippen LogP contribution in [-0.4, -0.2) is 16.8 Å². The normalized spacial score (nSPS) is 9.09. The third-order valence-electron chi connectivity index (χ3n) is 1.32. The van der Waals surface area contributed by atoms with Gasteiger partial charge in [-0.3, -0.25) is 4.79 Å². The standard InChI is InChI=1S/C8H6O2S/c9-4-7-2-1-6(5-11)3-8(7)10/h1-5,10H. The van der Waals surface area contributed by atoms with Gasteiger partial charge in [-0.1, -0.05) is 18.3 Å². The Morgan fingerprint density at radius 3 is 2.64 bits per heavy atom. The molecule has 1 aromatic carbocycles. The van der Waals surface area contributed by atoms with Crippen molar-refractivity contribution in [1.82, 2.24) is 0 Å². The number of carbonyl (C=O) groups is 1. The van der Waals surface area contributed by atoms with E-state index < -0.39 is 0 Å². The molecule has 0 bridgehead atoms. The lowest BCUT2D eigenvalue weighted by molar-refractivity contribution is 0.112. The molecule has 0 saturated carbocycles. The molecule has 0 radical (unpaired) electrons. The third-order valence-corrected chi connectivity index (χ3v) is 1.59. The summed E-state index contributed by atoms with van der Waals surface area (Å²) in [6, 6.07) is 4.66. The van der Waals surface area contributed by atoms with Crippen LogP contribution >= 0.6 is 12.2 Å². The first-order chi connectivity index (χ1) is 5.27. The van der Waals surface area contributed by atoms with Crippen molar-refractivity contribution < 1.29 is 9.90 Å². The fraction of sp³-hybridized carbons (Fsp3) is 0. The lowest BCUT2D eigenvalue weighted by Gasteiger charge is -1.96. The predicted octanol–water partition coefficient (Wildman–Crippen LogP) is 1.55. The second-order valence-corrected chi connectivity index (χ2v) is 2.29. The van der Waals surface area contributed by atoms with Gasteiger partial charge in [0.25, 0.3) is 0 Å². The zero-order valence-corrected chi connectivity index (χ0v) is 6.47. The van der Waals surface area contributed by atoms with Crippen molar-refractivity contribution >= 4 is 23.9 Å². The lowest BCUT2D eigenvalue weighted by Crippen LogP contribution is -1.83. The maximum absolute atomic E-state index is 10.2. The fourth-order valence-corrected chi connectivity index (χ4v) is 0.880. The van der Waals surface area contributed by atoms with Gasteiger partial charge in [-0.2, -0.15) is 0 Å². The average Bonchev–Trinajstić information content (AvgIpc) is 2.04. The van der Waals surface area contributed by atoms with Crippen molar-refractivity contribution in [3.05, 3.63) is 29.3 Å². The van der Waals surface area contributed by atoms with Crippen LogP contribution in [0.1, 0.15) is 15.9 Å². The second kappa shape index (κ2) is 3.25. The number of hydrogen-bond donors (Lipinski definition) is 1. The van der Waals surface area contributed by atoms with E-state index in [0.717, 1.165) is 5.56 Å². The second-order valence-electron chi connectivity index (χ2n) is 2.05. The van der Waals surface area contributed by atoms with Gasteiger partial charge in [0.2, 0.25) is 0 Å². The van der Waals surface area contributed by atoms with Gasteiger partial charge in [-0.05, 0) is 17.7 Å². The highest BCUT2D eigenvalue weighted by Gasteiger charge is 1.98. The molecule has 0 aromatic heterocycles. The molecule has 0 aliphatic heterocycles. The van der Waals surface area contributed by atoms with Crippen molar-refractivity contribution in [2.45, 2.75) is 0 Å². The zero-order chi connectivity index (χ0) is 8.27. The molecule has 0 amide bonds. The lowest BCUT2D eigenvalue weighted by atomic mass is 10.1. The quantitative estimate of drug-likeness (QED) is 0.535. The topological polar surface area (TPSA) is 37.3 Å². The van der Waals surface area contributed by atoms with Gasteiger partial charge in [0.05, 0.1) is 5.56 Å². The highest BCUT2D eigenvalue weighted by atomic mass is 32.1. The van der Waals surface area contributed by atoms with Gasteiger partial charge in [-0.15, -0.1) is 0 Å². The summed E-state index contributed by atoms with van der Waals surface area (Å²) >= 11 is 4.63. The van der Waals surface area contributed by atoms with Crippen LogP contribution in [0.5, 0.6) is 5.75 Å². The van der Waals surface area contributed by atoms with E-state index in [1.54, 1.807) is 6.07 Å². The molecule has 11 heavy (non-hydrogen) atoms. The number of thiocarbonyl (C=S) groups is 1. The smallest absolute Gasteiger partial charge is 0.153 e. The first kappa shape index (κ1) is 7.88. The summed E-state index contributed by atoms with van der Waals surface area (Å²) in [5, 5.41) is 10.6. The molecule has 2 nitrogen and oxygen atoms in total. The molecule has 1 rings (SSSR count). The van der Waals surface area contributed by atoms with E-state index in [-0.39, 0.29) is 11.3 Å². The Labute approximate surface area is 69.5 Å². The molecule has 0 atom stereocenters. The van der Waals surface area contributed by atoms with E-state index in [0.29, 0.717) is 6.29 Å². The molecule has 0 unspecified atom stereocenters. The van der Waals surface area contributed by atoms with Crippen molar-refractivity contribution in [2.24, 2.45) is 0 Å². The van der Waals surface area contributed by atoms with E-state index in [2.05, 4.69) is 12.2 Å². The molecule has 0 aliphatic rings. The van der Waals surface area contributed by atoms with Gasteiger partial charge in [0.1, 0.15) is 5.75 Å². The van der Waals surface area contributed by atoms with Crippen LogP contribution in [-0.2, 0) is 0 Å². The summed E-state index contributed by atoms with van der Waals surface area (Å²) in [6.07, 6.45) is 0.600. The maximum Gasteiger partial charge on any atom is 0.153 e. The molecule has 0 fully saturated rings. The molecule has 0 heterocycles. The largest absolute Gasteiger partial charge is 0.507 e. The number of benzene rings is 1. The van der Waals surface area contributed by atoms with Gasteiger partial charge in [-0.25, -0.2) is 0 Å². The zero-order valence-electron chi connectivity index (χ0n) is 5.65. The van der Waals surface area contributed by atoms with Gasteiger partial charge < -0.3 is 5.11 Å². The number of phenolic OH excluding ortho intramolecular Hbond substituents is 1. The number of aldehydes is 1. The predicted molar refractivity (Wildman–Crippen MR) is 46.3 cm³/mol. The van der Waals surface area contributed by atoms with Crippen LogP contribution in [0.4, 0.5) is 0 Å². The molecule has 0 aliphatic carbocycles. The van der Waals surface area contributed by atoms with E-state index >= 15 is 0 Å². The maximum atomic E-state index is 10.2. The third kappa shape index (κ3) is 1.62.